The molecule has 0 bridgehead atoms. The van der Waals surface area contributed by atoms with Crippen molar-refractivity contribution in [3.63, 3.8) is 0 Å². The second-order valence-corrected chi connectivity index (χ2v) is 3.28. The van der Waals surface area contributed by atoms with Gasteiger partial charge in [-0.05, 0) is 38.0 Å². The lowest BCUT2D eigenvalue weighted by atomic mass is 10.1. The second-order valence-electron chi connectivity index (χ2n) is 3.28. The van der Waals surface area contributed by atoms with Crippen LogP contribution in [0.1, 0.15) is 18.1 Å². The van der Waals surface area contributed by atoms with Gasteiger partial charge in [0.15, 0.2) is 0 Å². The van der Waals surface area contributed by atoms with Gasteiger partial charge in [0.1, 0.15) is 5.52 Å². The van der Waals surface area contributed by atoms with Crippen LogP contribution in [0.2, 0.25) is 0 Å². The first-order valence-corrected chi connectivity index (χ1v) is 4.53. The summed E-state index contributed by atoms with van der Waals surface area (Å²) >= 11 is 0. The minimum Gasteiger partial charge on any atom is -0.245 e. The molecule has 68 valence electrons. The van der Waals surface area contributed by atoms with Crippen LogP contribution in [0.5, 0.6) is 0 Å². The van der Waals surface area contributed by atoms with Crippen molar-refractivity contribution < 1.29 is 0 Å². The molecule has 0 amide bonds. The fraction of sp³-hybridized carbons (Fsp3) is 0.400. The van der Waals surface area contributed by atoms with Crippen molar-refractivity contribution in [2.45, 2.75) is 27.3 Å². The van der Waals surface area contributed by atoms with Gasteiger partial charge in [-0.1, -0.05) is 11.3 Å². The zero-order chi connectivity index (χ0) is 9.42. The van der Waals surface area contributed by atoms with Gasteiger partial charge < -0.3 is 0 Å². The number of aryl methyl sites for hydroxylation is 3. The number of aromatic nitrogens is 3. The first-order chi connectivity index (χ1) is 6.24. The molecule has 1 aromatic carbocycles. The molecule has 0 N–H and O–H groups in total. The van der Waals surface area contributed by atoms with E-state index < -0.39 is 0 Å². The summed E-state index contributed by atoms with van der Waals surface area (Å²) in [5.41, 5.74) is 4.67. The lowest BCUT2D eigenvalue weighted by molar-refractivity contribution is 0.646. The first kappa shape index (κ1) is 8.23. The maximum atomic E-state index is 4.16. The van der Waals surface area contributed by atoms with Gasteiger partial charge >= 0.3 is 0 Å². The van der Waals surface area contributed by atoms with Crippen LogP contribution in [0.25, 0.3) is 11.0 Å². The Morgan fingerprint density at radius 2 is 2.08 bits per heavy atom. The van der Waals surface area contributed by atoms with E-state index in [0.717, 1.165) is 17.6 Å². The van der Waals surface area contributed by atoms with Gasteiger partial charge in [0.2, 0.25) is 0 Å². The van der Waals surface area contributed by atoms with Gasteiger partial charge in [-0.2, -0.15) is 0 Å². The van der Waals surface area contributed by atoms with E-state index in [1.807, 2.05) is 4.68 Å². The molecule has 0 fully saturated rings. The highest BCUT2D eigenvalue weighted by molar-refractivity contribution is 5.79. The second kappa shape index (κ2) is 2.83. The molecule has 0 aliphatic rings. The van der Waals surface area contributed by atoms with Crippen molar-refractivity contribution in [3.8, 4) is 0 Å². The molecule has 2 aromatic rings. The van der Waals surface area contributed by atoms with Crippen LogP contribution >= 0.6 is 0 Å². The standard InChI is InChI=1S/C10H13N3/c1-4-13-9-6-5-7(2)8(3)10(9)11-12-13/h5-6H,4H2,1-3H3. The van der Waals surface area contributed by atoms with E-state index >= 15 is 0 Å². The highest BCUT2D eigenvalue weighted by Gasteiger charge is 2.06. The Balaban J connectivity index is 2.81. The van der Waals surface area contributed by atoms with Crippen molar-refractivity contribution >= 4 is 11.0 Å². The maximum Gasteiger partial charge on any atom is 0.116 e. The molecule has 0 saturated carbocycles. The summed E-state index contributed by atoms with van der Waals surface area (Å²) in [4.78, 5) is 0. The Kier molecular flexibility index (Phi) is 1.79. The smallest absolute Gasteiger partial charge is 0.116 e. The molecule has 2 rings (SSSR count). The van der Waals surface area contributed by atoms with Gasteiger partial charge in [0, 0.05) is 6.54 Å². The number of benzene rings is 1. The summed E-state index contributed by atoms with van der Waals surface area (Å²) in [6, 6.07) is 4.20. The van der Waals surface area contributed by atoms with Crippen LogP contribution in [-0.4, -0.2) is 15.0 Å². The van der Waals surface area contributed by atoms with Crippen molar-refractivity contribution in [1.29, 1.82) is 0 Å². The average Bonchev–Trinajstić information content (AvgIpc) is 2.55. The van der Waals surface area contributed by atoms with E-state index in [9.17, 15) is 0 Å². The maximum absolute atomic E-state index is 4.16. The zero-order valence-corrected chi connectivity index (χ0v) is 8.20. The van der Waals surface area contributed by atoms with Crippen molar-refractivity contribution in [2.75, 3.05) is 0 Å². The van der Waals surface area contributed by atoms with E-state index in [0.29, 0.717) is 0 Å². The van der Waals surface area contributed by atoms with Crippen LogP contribution in [-0.2, 0) is 6.54 Å². The molecule has 3 heteroatoms. The summed E-state index contributed by atoms with van der Waals surface area (Å²) in [6.07, 6.45) is 0. The summed E-state index contributed by atoms with van der Waals surface area (Å²) in [5.74, 6) is 0. The Labute approximate surface area is 77.4 Å². The van der Waals surface area contributed by atoms with E-state index in [1.54, 1.807) is 0 Å². The normalized spacial score (nSPS) is 11.0. The molecule has 0 atom stereocenters. The van der Waals surface area contributed by atoms with Crippen molar-refractivity contribution in [3.05, 3.63) is 23.3 Å². The Morgan fingerprint density at radius 3 is 2.77 bits per heavy atom. The highest BCUT2D eigenvalue weighted by atomic mass is 15.4. The van der Waals surface area contributed by atoms with Gasteiger partial charge in [-0.15, -0.1) is 5.10 Å². The molecule has 0 aliphatic carbocycles. The van der Waals surface area contributed by atoms with Crippen LogP contribution in [0.3, 0.4) is 0 Å². The van der Waals surface area contributed by atoms with Crippen LogP contribution < -0.4 is 0 Å². The molecule has 0 radical (unpaired) electrons. The van der Waals surface area contributed by atoms with E-state index in [4.69, 9.17) is 0 Å². The third-order valence-electron chi connectivity index (χ3n) is 2.51. The fourth-order valence-corrected chi connectivity index (χ4v) is 1.50. The zero-order valence-electron chi connectivity index (χ0n) is 8.20. The predicted molar refractivity (Wildman–Crippen MR) is 52.7 cm³/mol. The molecule has 3 nitrogen and oxygen atoms in total. The lowest BCUT2D eigenvalue weighted by Gasteiger charge is -2.00. The third-order valence-corrected chi connectivity index (χ3v) is 2.51. The van der Waals surface area contributed by atoms with Crippen molar-refractivity contribution in [1.82, 2.24) is 15.0 Å². The molecule has 0 saturated heterocycles. The molecular formula is C10H13N3. The predicted octanol–water partition coefficient (Wildman–Crippen LogP) is 2.07. The Morgan fingerprint density at radius 1 is 1.31 bits per heavy atom. The summed E-state index contributed by atoms with van der Waals surface area (Å²) < 4.78 is 1.92. The minimum absolute atomic E-state index is 0.874. The molecule has 1 heterocycles. The summed E-state index contributed by atoms with van der Waals surface area (Å²) in [5, 5.41) is 8.25. The first-order valence-electron chi connectivity index (χ1n) is 4.53. The van der Waals surface area contributed by atoms with E-state index in [2.05, 4.69) is 43.2 Å². The van der Waals surface area contributed by atoms with E-state index in [-0.39, 0.29) is 0 Å². The quantitative estimate of drug-likeness (QED) is 0.664. The molecule has 0 aliphatic heterocycles. The number of nitrogens with zero attached hydrogens (tertiary/aromatic N) is 3. The lowest BCUT2D eigenvalue weighted by Crippen LogP contribution is -1.95. The molecule has 13 heavy (non-hydrogen) atoms. The van der Waals surface area contributed by atoms with Gasteiger partial charge in [0.05, 0.1) is 5.52 Å². The Bertz CT molecular complexity index is 443. The number of hydrogen-bond acceptors (Lipinski definition) is 2. The molecule has 1 aromatic heterocycles. The van der Waals surface area contributed by atoms with Crippen molar-refractivity contribution in [2.24, 2.45) is 0 Å². The summed E-state index contributed by atoms with van der Waals surface area (Å²) in [6.45, 7) is 7.13. The SMILES string of the molecule is CCn1nnc2c(C)c(C)ccc21. The molecule has 0 unspecified atom stereocenters. The highest BCUT2D eigenvalue weighted by Crippen LogP contribution is 2.18. The summed E-state index contributed by atoms with van der Waals surface area (Å²) in [7, 11) is 0. The van der Waals surface area contributed by atoms with Crippen LogP contribution in [0, 0.1) is 13.8 Å². The van der Waals surface area contributed by atoms with E-state index in [1.165, 1.54) is 11.1 Å². The van der Waals surface area contributed by atoms with Gasteiger partial charge in [-0.25, -0.2) is 4.68 Å². The number of rotatable bonds is 1. The van der Waals surface area contributed by atoms with Crippen LogP contribution in [0.15, 0.2) is 12.1 Å². The number of hydrogen-bond donors (Lipinski definition) is 0. The van der Waals surface area contributed by atoms with Crippen LogP contribution in [0.4, 0.5) is 0 Å². The minimum atomic E-state index is 0.874. The fourth-order valence-electron chi connectivity index (χ4n) is 1.50. The topological polar surface area (TPSA) is 30.7 Å². The molecular weight excluding hydrogens is 162 g/mol. The van der Waals surface area contributed by atoms with Gasteiger partial charge in [-0.3, -0.25) is 0 Å². The number of fused-ring (bicyclic) bond motifs is 1. The largest absolute Gasteiger partial charge is 0.245 e. The Hall–Kier alpha value is -1.38. The monoisotopic (exact) mass is 175 g/mol. The average molecular weight is 175 g/mol. The van der Waals surface area contributed by atoms with Gasteiger partial charge in [0.25, 0.3) is 0 Å². The molecule has 0 spiro atoms. The third kappa shape index (κ3) is 1.11.